The van der Waals surface area contributed by atoms with E-state index in [-0.39, 0.29) is 10.5 Å². The molecular formula is C8H8F5NO2Si. The van der Waals surface area contributed by atoms with E-state index in [1.165, 1.54) is 0 Å². The third-order valence-electron chi connectivity index (χ3n) is 1.94. The summed E-state index contributed by atoms with van der Waals surface area (Å²) in [4.78, 5) is 0. The SMILES string of the molecule is OC(CNc1c(F)c(F)c(F)c(F)c1F)O[SiH3]. The van der Waals surface area contributed by atoms with Crippen LogP contribution in [0.4, 0.5) is 27.6 Å². The summed E-state index contributed by atoms with van der Waals surface area (Å²) >= 11 is 0. The van der Waals surface area contributed by atoms with E-state index in [0.717, 1.165) is 0 Å². The molecule has 0 aromatic heterocycles. The van der Waals surface area contributed by atoms with Crippen molar-refractivity contribution in [3.8, 4) is 0 Å². The van der Waals surface area contributed by atoms with Gasteiger partial charge in [-0.05, 0) is 0 Å². The van der Waals surface area contributed by atoms with Gasteiger partial charge in [0.25, 0.3) is 0 Å². The first-order valence-electron chi connectivity index (χ1n) is 4.36. The van der Waals surface area contributed by atoms with Crippen LogP contribution in [0.5, 0.6) is 0 Å². The summed E-state index contributed by atoms with van der Waals surface area (Å²) in [5.74, 6) is -10.3. The first kappa shape index (κ1) is 13.9. The first-order chi connectivity index (χ1) is 7.90. The molecule has 96 valence electrons. The summed E-state index contributed by atoms with van der Waals surface area (Å²) in [6.07, 6.45) is -1.38. The Hall–Kier alpha value is -1.19. The number of aliphatic hydroxyl groups excluding tert-OH is 1. The lowest BCUT2D eigenvalue weighted by atomic mass is 10.2. The second-order valence-corrected chi connectivity index (χ2v) is 3.49. The van der Waals surface area contributed by atoms with Crippen LogP contribution in [0.3, 0.4) is 0 Å². The highest BCUT2D eigenvalue weighted by Gasteiger charge is 2.25. The van der Waals surface area contributed by atoms with Gasteiger partial charge in [0.2, 0.25) is 5.82 Å². The van der Waals surface area contributed by atoms with Crippen LogP contribution >= 0.6 is 0 Å². The summed E-state index contributed by atoms with van der Waals surface area (Å²) in [5.41, 5.74) is -1.20. The second-order valence-electron chi connectivity index (χ2n) is 3.02. The molecule has 17 heavy (non-hydrogen) atoms. The van der Waals surface area contributed by atoms with Gasteiger partial charge < -0.3 is 14.8 Å². The Morgan fingerprint density at radius 1 is 1.00 bits per heavy atom. The number of hydrogen-bond acceptors (Lipinski definition) is 3. The van der Waals surface area contributed by atoms with E-state index >= 15 is 0 Å². The summed E-state index contributed by atoms with van der Waals surface area (Å²) in [6, 6.07) is 0. The summed E-state index contributed by atoms with van der Waals surface area (Å²) in [5, 5.41) is 10.8. The first-order valence-corrected chi connectivity index (χ1v) is 5.18. The summed E-state index contributed by atoms with van der Waals surface area (Å²) < 4.78 is 68.7. The highest BCUT2D eigenvalue weighted by atomic mass is 28.2. The molecule has 0 fully saturated rings. The molecule has 0 saturated heterocycles. The van der Waals surface area contributed by atoms with Crippen LogP contribution in [0.25, 0.3) is 0 Å². The van der Waals surface area contributed by atoms with Gasteiger partial charge >= 0.3 is 0 Å². The maximum absolute atomic E-state index is 13.1. The van der Waals surface area contributed by atoms with Crippen molar-refractivity contribution in [1.82, 2.24) is 0 Å². The van der Waals surface area contributed by atoms with Crippen molar-refractivity contribution in [1.29, 1.82) is 0 Å². The third-order valence-corrected chi connectivity index (χ3v) is 2.48. The minimum atomic E-state index is -2.23. The van der Waals surface area contributed by atoms with Gasteiger partial charge in [0.15, 0.2) is 29.6 Å². The molecule has 0 aliphatic carbocycles. The second kappa shape index (κ2) is 5.43. The molecule has 0 bridgehead atoms. The molecule has 9 heteroatoms. The Balaban J connectivity index is 3.07. The molecule has 2 N–H and O–H groups in total. The molecular weight excluding hydrogens is 265 g/mol. The lowest BCUT2D eigenvalue weighted by molar-refractivity contribution is 0.00108. The van der Waals surface area contributed by atoms with Gasteiger partial charge in [-0.25, -0.2) is 22.0 Å². The van der Waals surface area contributed by atoms with Crippen LogP contribution in [0.2, 0.25) is 0 Å². The fourth-order valence-electron chi connectivity index (χ4n) is 1.03. The van der Waals surface area contributed by atoms with E-state index in [1.807, 2.05) is 5.32 Å². The van der Waals surface area contributed by atoms with Gasteiger partial charge in [-0.2, -0.15) is 0 Å². The molecule has 1 rings (SSSR count). The molecule has 0 spiro atoms. The van der Waals surface area contributed by atoms with E-state index in [4.69, 9.17) is 5.11 Å². The number of nitrogens with one attached hydrogen (secondary N) is 1. The maximum Gasteiger partial charge on any atom is 0.200 e. The van der Waals surface area contributed by atoms with Gasteiger partial charge in [0.05, 0.1) is 6.54 Å². The van der Waals surface area contributed by atoms with Crippen molar-refractivity contribution in [3.05, 3.63) is 29.1 Å². The van der Waals surface area contributed by atoms with Crippen molar-refractivity contribution >= 4 is 16.2 Å². The zero-order valence-corrected chi connectivity index (χ0v) is 10.5. The minimum Gasteiger partial charge on any atom is -0.403 e. The maximum atomic E-state index is 13.1. The average molecular weight is 273 g/mol. The lowest BCUT2D eigenvalue weighted by Crippen LogP contribution is -2.23. The van der Waals surface area contributed by atoms with Gasteiger partial charge in [0.1, 0.15) is 16.2 Å². The quantitative estimate of drug-likeness (QED) is 0.274. The third kappa shape index (κ3) is 2.73. The van der Waals surface area contributed by atoms with E-state index < -0.39 is 47.6 Å². The van der Waals surface area contributed by atoms with Gasteiger partial charge in [0, 0.05) is 0 Å². The van der Waals surface area contributed by atoms with Crippen LogP contribution in [-0.2, 0) is 4.43 Å². The molecule has 1 unspecified atom stereocenters. The van der Waals surface area contributed by atoms with Crippen LogP contribution in [0, 0.1) is 29.1 Å². The van der Waals surface area contributed by atoms with Crippen LogP contribution in [0.15, 0.2) is 0 Å². The average Bonchev–Trinajstić information content (AvgIpc) is 2.33. The zero-order chi connectivity index (χ0) is 13.2. The van der Waals surface area contributed by atoms with E-state index in [0.29, 0.717) is 0 Å². The van der Waals surface area contributed by atoms with Gasteiger partial charge in [-0.1, -0.05) is 0 Å². The number of rotatable bonds is 4. The topological polar surface area (TPSA) is 41.5 Å². The van der Waals surface area contributed by atoms with E-state index in [1.54, 1.807) is 0 Å². The molecule has 0 aliphatic heterocycles. The van der Waals surface area contributed by atoms with Crippen LogP contribution in [0.1, 0.15) is 0 Å². The Morgan fingerprint density at radius 3 is 1.82 bits per heavy atom. The Labute approximate surface area is 95.7 Å². The number of benzene rings is 1. The predicted molar refractivity (Wildman–Crippen MR) is 51.8 cm³/mol. The zero-order valence-electron chi connectivity index (χ0n) is 8.53. The van der Waals surface area contributed by atoms with Crippen molar-refractivity contribution in [2.24, 2.45) is 0 Å². The van der Waals surface area contributed by atoms with E-state index in [2.05, 4.69) is 4.43 Å². The summed E-state index contributed by atoms with van der Waals surface area (Å²) in [6.45, 7) is -0.498. The van der Waals surface area contributed by atoms with Crippen molar-refractivity contribution in [2.45, 2.75) is 6.29 Å². The van der Waals surface area contributed by atoms with Gasteiger partial charge in [-0.3, -0.25) is 0 Å². The molecule has 3 nitrogen and oxygen atoms in total. The Bertz CT molecular complexity index is 402. The monoisotopic (exact) mass is 273 g/mol. The number of aliphatic hydroxyl groups is 1. The molecule has 0 aliphatic rings. The Morgan fingerprint density at radius 2 is 1.41 bits per heavy atom. The molecule has 0 heterocycles. The van der Waals surface area contributed by atoms with E-state index in [9.17, 15) is 22.0 Å². The molecule has 1 aromatic rings. The summed E-state index contributed by atoms with van der Waals surface area (Å²) in [7, 11) is 0.155. The normalized spacial score (nSPS) is 12.8. The standard InChI is InChI=1S/C8H8F5NO2Si/c9-3-4(10)6(12)8(7(13)5(3)11)14-1-2(15)16-17/h2,14-15H,1H2,17H3. The minimum absolute atomic E-state index is 0.155. The fourth-order valence-corrected chi connectivity index (χ4v) is 1.20. The number of hydrogen-bond donors (Lipinski definition) is 2. The molecule has 0 amide bonds. The highest BCUT2D eigenvalue weighted by Crippen LogP contribution is 2.26. The molecule has 1 aromatic carbocycles. The smallest absolute Gasteiger partial charge is 0.200 e. The molecule has 0 saturated carbocycles. The number of halogens is 5. The van der Waals surface area contributed by atoms with Gasteiger partial charge in [-0.15, -0.1) is 0 Å². The number of anilines is 1. The predicted octanol–water partition coefficient (Wildman–Crippen LogP) is 0.409. The molecule has 1 atom stereocenters. The van der Waals surface area contributed by atoms with Crippen molar-refractivity contribution in [2.75, 3.05) is 11.9 Å². The lowest BCUT2D eigenvalue weighted by Gasteiger charge is -2.13. The van der Waals surface area contributed by atoms with Crippen molar-refractivity contribution < 1.29 is 31.5 Å². The Kier molecular flexibility index (Phi) is 4.43. The largest absolute Gasteiger partial charge is 0.403 e. The highest BCUT2D eigenvalue weighted by molar-refractivity contribution is 5.98. The van der Waals surface area contributed by atoms with Crippen molar-refractivity contribution in [3.63, 3.8) is 0 Å². The molecule has 0 radical (unpaired) electrons. The fraction of sp³-hybridized carbons (Fsp3) is 0.250. The van der Waals surface area contributed by atoms with Crippen LogP contribution < -0.4 is 5.32 Å². The van der Waals surface area contributed by atoms with Crippen LogP contribution in [-0.4, -0.2) is 28.4 Å².